The van der Waals surface area contributed by atoms with Crippen molar-refractivity contribution in [3.05, 3.63) is 48.0 Å². The van der Waals surface area contributed by atoms with Gasteiger partial charge < -0.3 is 15.0 Å². The van der Waals surface area contributed by atoms with Gasteiger partial charge in [0.25, 0.3) is 5.91 Å². The predicted octanol–water partition coefficient (Wildman–Crippen LogP) is 3.72. The SMILES string of the molecule is CCOc1cccc(NC(=O)c2ccccc2N2CCCCC2)n1. The van der Waals surface area contributed by atoms with E-state index in [9.17, 15) is 4.79 Å². The number of anilines is 2. The van der Waals surface area contributed by atoms with Crippen LogP contribution in [0, 0.1) is 0 Å². The van der Waals surface area contributed by atoms with Crippen LogP contribution >= 0.6 is 0 Å². The maximum atomic E-state index is 12.7. The lowest BCUT2D eigenvalue weighted by Crippen LogP contribution is -2.31. The Labute approximate surface area is 142 Å². The second-order valence-electron chi connectivity index (χ2n) is 5.81. The Hall–Kier alpha value is -2.56. The Morgan fingerprint density at radius 1 is 1.12 bits per heavy atom. The van der Waals surface area contributed by atoms with Crippen molar-refractivity contribution in [2.75, 3.05) is 29.9 Å². The highest BCUT2D eigenvalue weighted by atomic mass is 16.5. The number of hydrogen-bond donors (Lipinski definition) is 1. The van der Waals surface area contributed by atoms with E-state index >= 15 is 0 Å². The molecule has 1 aliphatic heterocycles. The van der Waals surface area contributed by atoms with Gasteiger partial charge in [-0.15, -0.1) is 0 Å². The minimum atomic E-state index is -0.141. The van der Waals surface area contributed by atoms with Gasteiger partial charge in [0.05, 0.1) is 12.2 Å². The molecule has 5 nitrogen and oxygen atoms in total. The molecule has 1 fully saturated rings. The molecule has 2 heterocycles. The van der Waals surface area contributed by atoms with E-state index in [1.807, 2.05) is 37.3 Å². The number of aromatic nitrogens is 1. The van der Waals surface area contributed by atoms with Gasteiger partial charge in [0.1, 0.15) is 5.82 Å². The fraction of sp³-hybridized carbons (Fsp3) is 0.368. The molecule has 5 heteroatoms. The number of rotatable bonds is 5. The van der Waals surface area contributed by atoms with Crippen LogP contribution in [0.15, 0.2) is 42.5 Å². The van der Waals surface area contributed by atoms with Gasteiger partial charge in [0, 0.05) is 24.8 Å². The highest BCUT2D eigenvalue weighted by molar-refractivity contribution is 6.07. The van der Waals surface area contributed by atoms with Gasteiger partial charge in [-0.2, -0.15) is 4.98 Å². The van der Waals surface area contributed by atoms with E-state index in [4.69, 9.17) is 4.74 Å². The van der Waals surface area contributed by atoms with Crippen LogP contribution in [0.25, 0.3) is 0 Å². The average molecular weight is 325 g/mol. The predicted molar refractivity (Wildman–Crippen MR) is 95.9 cm³/mol. The van der Waals surface area contributed by atoms with Crippen molar-refractivity contribution >= 4 is 17.4 Å². The van der Waals surface area contributed by atoms with E-state index in [0.717, 1.165) is 18.8 Å². The van der Waals surface area contributed by atoms with Crippen LogP contribution in [-0.4, -0.2) is 30.6 Å². The maximum Gasteiger partial charge on any atom is 0.258 e. The summed E-state index contributed by atoms with van der Waals surface area (Å²) < 4.78 is 5.38. The van der Waals surface area contributed by atoms with E-state index in [1.165, 1.54) is 19.3 Å². The Bertz CT molecular complexity index is 697. The quantitative estimate of drug-likeness (QED) is 0.910. The lowest BCUT2D eigenvalue weighted by Gasteiger charge is -2.30. The van der Waals surface area contributed by atoms with Crippen LogP contribution in [0.3, 0.4) is 0 Å². The molecule has 24 heavy (non-hydrogen) atoms. The number of para-hydroxylation sites is 1. The zero-order valence-electron chi connectivity index (χ0n) is 14.0. The number of carbonyl (C=O) groups excluding carboxylic acids is 1. The summed E-state index contributed by atoms with van der Waals surface area (Å²) in [5, 5.41) is 2.88. The fourth-order valence-corrected chi connectivity index (χ4v) is 2.97. The normalized spacial score (nSPS) is 14.3. The summed E-state index contributed by atoms with van der Waals surface area (Å²) in [6.07, 6.45) is 3.61. The lowest BCUT2D eigenvalue weighted by atomic mass is 10.1. The first-order valence-corrected chi connectivity index (χ1v) is 8.53. The Balaban J connectivity index is 1.79. The standard InChI is InChI=1S/C19H23N3O2/c1-2-24-18-12-8-11-17(20-18)21-19(23)15-9-4-5-10-16(15)22-13-6-3-7-14-22/h4-5,8-12H,2-3,6-7,13-14H2,1H3,(H,20,21,23). The molecule has 1 N–H and O–H groups in total. The number of benzene rings is 1. The molecule has 0 atom stereocenters. The number of nitrogens with zero attached hydrogens (tertiary/aromatic N) is 2. The summed E-state index contributed by atoms with van der Waals surface area (Å²) in [5.74, 6) is 0.872. The summed E-state index contributed by atoms with van der Waals surface area (Å²) in [6, 6.07) is 13.1. The Morgan fingerprint density at radius 2 is 1.92 bits per heavy atom. The summed E-state index contributed by atoms with van der Waals surface area (Å²) in [4.78, 5) is 19.3. The molecule has 0 bridgehead atoms. The molecule has 1 aromatic carbocycles. The van der Waals surface area contributed by atoms with Gasteiger partial charge in [0.15, 0.2) is 0 Å². The van der Waals surface area contributed by atoms with E-state index in [1.54, 1.807) is 12.1 Å². The zero-order chi connectivity index (χ0) is 16.8. The molecule has 1 saturated heterocycles. The minimum Gasteiger partial charge on any atom is -0.478 e. The molecular weight excluding hydrogens is 302 g/mol. The van der Waals surface area contributed by atoms with Gasteiger partial charge in [0.2, 0.25) is 5.88 Å². The third-order valence-corrected chi connectivity index (χ3v) is 4.10. The highest BCUT2D eigenvalue weighted by Crippen LogP contribution is 2.25. The molecule has 1 aromatic heterocycles. The van der Waals surface area contributed by atoms with Crippen LogP contribution in [0.1, 0.15) is 36.5 Å². The van der Waals surface area contributed by atoms with Crippen LogP contribution < -0.4 is 15.0 Å². The number of amides is 1. The first-order chi connectivity index (χ1) is 11.8. The van der Waals surface area contributed by atoms with Crippen molar-refractivity contribution in [1.82, 2.24) is 4.98 Å². The van der Waals surface area contributed by atoms with Crippen molar-refractivity contribution in [2.24, 2.45) is 0 Å². The number of nitrogens with one attached hydrogen (secondary N) is 1. The molecule has 0 aliphatic carbocycles. The Morgan fingerprint density at radius 3 is 2.71 bits per heavy atom. The van der Waals surface area contributed by atoms with Gasteiger partial charge >= 0.3 is 0 Å². The molecule has 1 aliphatic rings. The topological polar surface area (TPSA) is 54.5 Å². The van der Waals surface area contributed by atoms with Gasteiger partial charge in [-0.1, -0.05) is 18.2 Å². The van der Waals surface area contributed by atoms with E-state index in [2.05, 4.69) is 15.2 Å². The first-order valence-electron chi connectivity index (χ1n) is 8.53. The summed E-state index contributed by atoms with van der Waals surface area (Å²) in [7, 11) is 0. The number of ether oxygens (including phenoxy) is 1. The van der Waals surface area contributed by atoms with Crippen molar-refractivity contribution in [2.45, 2.75) is 26.2 Å². The van der Waals surface area contributed by atoms with E-state index in [0.29, 0.717) is 23.9 Å². The molecule has 126 valence electrons. The van der Waals surface area contributed by atoms with Gasteiger partial charge in [-0.3, -0.25) is 4.79 Å². The second kappa shape index (κ2) is 7.81. The lowest BCUT2D eigenvalue weighted by molar-refractivity contribution is 0.102. The fourth-order valence-electron chi connectivity index (χ4n) is 2.97. The van der Waals surface area contributed by atoms with Gasteiger partial charge in [-0.05, 0) is 44.4 Å². The van der Waals surface area contributed by atoms with Crippen LogP contribution in [0.4, 0.5) is 11.5 Å². The molecule has 1 amide bonds. The third-order valence-electron chi connectivity index (χ3n) is 4.10. The van der Waals surface area contributed by atoms with Crippen molar-refractivity contribution in [3.8, 4) is 5.88 Å². The second-order valence-corrected chi connectivity index (χ2v) is 5.81. The van der Waals surface area contributed by atoms with Crippen molar-refractivity contribution in [1.29, 1.82) is 0 Å². The van der Waals surface area contributed by atoms with Gasteiger partial charge in [-0.25, -0.2) is 0 Å². The average Bonchev–Trinajstić information content (AvgIpc) is 2.63. The number of hydrogen-bond acceptors (Lipinski definition) is 4. The first kappa shape index (κ1) is 16.3. The largest absolute Gasteiger partial charge is 0.478 e. The van der Waals surface area contributed by atoms with Crippen LogP contribution in [-0.2, 0) is 0 Å². The Kier molecular flexibility index (Phi) is 5.31. The molecule has 0 radical (unpaired) electrons. The number of carbonyl (C=O) groups is 1. The molecular formula is C19H23N3O2. The monoisotopic (exact) mass is 325 g/mol. The van der Waals surface area contributed by atoms with Crippen molar-refractivity contribution < 1.29 is 9.53 Å². The van der Waals surface area contributed by atoms with E-state index < -0.39 is 0 Å². The number of pyridine rings is 1. The molecule has 0 unspecified atom stereocenters. The molecule has 0 spiro atoms. The van der Waals surface area contributed by atoms with Crippen LogP contribution in [0.2, 0.25) is 0 Å². The molecule has 0 saturated carbocycles. The third kappa shape index (κ3) is 3.85. The maximum absolute atomic E-state index is 12.7. The van der Waals surface area contributed by atoms with Crippen LogP contribution in [0.5, 0.6) is 5.88 Å². The zero-order valence-corrected chi connectivity index (χ0v) is 14.0. The van der Waals surface area contributed by atoms with Crippen molar-refractivity contribution in [3.63, 3.8) is 0 Å². The summed E-state index contributed by atoms with van der Waals surface area (Å²) >= 11 is 0. The smallest absolute Gasteiger partial charge is 0.258 e. The summed E-state index contributed by atoms with van der Waals surface area (Å²) in [5.41, 5.74) is 1.68. The number of piperidine rings is 1. The summed E-state index contributed by atoms with van der Waals surface area (Å²) in [6.45, 7) is 4.45. The molecule has 3 rings (SSSR count). The van der Waals surface area contributed by atoms with E-state index in [-0.39, 0.29) is 5.91 Å². The highest BCUT2D eigenvalue weighted by Gasteiger charge is 2.18. The minimum absolute atomic E-state index is 0.141. The molecule has 2 aromatic rings.